The molecule has 0 bridgehead atoms. The molecule has 0 heterocycles. The number of ether oxygens (including phenoxy) is 2. The van der Waals surface area contributed by atoms with Crippen LogP contribution in [0.1, 0.15) is 57.5 Å². The molecule has 9 nitrogen and oxygen atoms in total. The number of carbonyl (C=O) groups is 3. The number of alkyl carbamates (subject to hydrolysis) is 1. The fraction of sp³-hybridized carbons (Fsp3) is 0.500. The first kappa shape index (κ1) is 29.5. The molecular weight excluding hydrogens is 452 g/mol. The van der Waals surface area contributed by atoms with E-state index >= 15 is 0 Å². The standard InChI is InChI=1S/C26H34N2O7/c1-17(20(30)16-29)10-8-9-11-18-12-14-19(15-13-18)22(31)27-21(23(32)34-7)26(5,6)28-24(33)35-25(2,3)4/h12-15,17,20-21,29-30H,16H2,1-7H3,(H,27,31)(H,28,33)/t17?,20?,21-/m1/s1. The maximum atomic E-state index is 12.8. The molecule has 0 aromatic heterocycles. The number of benzene rings is 1. The summed E-state index contributed by atoms with van der Waals surface area (Å²) >= 11 is 0. The molecule has 35 heavy (non-hydrogen) atoms. The summed E-state index contributed by atoms with van der Waals surface area (Å²) in [6.07, 6.45) is -1.67. The molecular formula is C26H34N2O7. The largest absolute Gasteiger partial charge is 0.467 e. The van der Waals surface area contributed by atoms with Gasteiger partial charge >= 0.3 is 12.1 Å². The summed E-state index contributed by atoms with van der Waals surface area (Å²) in [5.41, 5.74) is -1.10. The molecule has 0 aliphatic heterocycles. The van der Waals surface area contributed by atoms with E-state index in [1.807, 2.05) is 0 Å². The van der Waals surface area contributed by atoms with Gasteiger partial charge in [-0.2, -0.15) is 0 Å². The number of hydrogen-bond donors (Lipinski definition) is 4. The number of carbonyl (C=O) groups excluding carboxylic acids is 3. The summed E-state index contributed by atoms with van der Waals surface area (Å²) in [5, 5.41) is 23.6. The lowest BCUT2D eigenvalue weighted by atomic mass is 9.94. The molecule has 1 aromatic carbocycles. The van der Waals surface area contributed by atoms with Crippen molar-refractivity contribution in [2.75, 3.05) is 13.7 Å². The van der Waals surface area contributed by atoms with Crippen LogP contribution in [0.5, 0.6) is 0 Å². The SMILES string of the molecule is COC(=O)[C@@H](NC(=O)c1ccc(C#CC#CC(C)C(O)CO)cc1)C(C)(C)NC(=O)OC(C)(C)C. The summed E-state index contributed by atoms with van der Waals surface area (Å²) in [7, 11) is 1.19. The second-order valence-corrected chi connectivity index (χ2v) is 9.41. The predicted octanol–water partition coefficient (Wildman–Crippen LogP) is 1.61. The summed E-state index contributed by atoms with van der Waals surface area (Å²) in [6, 6.07) is 5.11. The van der Waals surface area contributed by atoms with Gasteiger partial charge in [-0.3, -0.25) is 4.79 Å². The van der Waals surface area contributed by atoms with Crippen molar-refractivity contribution in [1.82, 2.24) is 10.6 Å². The van der Waals surface area contributed by atoms with Crippen LogP contribution < -0.4 is 10.6 Å². The fourth-order valence-electron chi connectivity index (χ4n) is 2.72. The lowest BCUT2D eigenvalue weighted by molar-refractivity contribution is -0.144. The number of aliphatic hydroxyl groups is 2. The number of aliphatic hydroxyl groups excluding tert-OH is 2. The van der Waals surface area contributed by atoms with Gasteiger partial charge in [-0.25, -0.2) is 9.59 Å². The van der Waals surface area contributed by atoms with Crippen LogP contribution in [-0.2, 0) is 14.3 Å². The average molecular weight is 487 g/mol. The van der Waals surface area contributed by atoms with Gasteiger partial charge in [-0.1, -0.05) is 11.8 Å². The minimum Gasteiger partial charge on any atom is -0.467 e. The number of nitrogens with one attached hydrogen (secondary N) is 2. The van der Waals surface area contributed by atoms with E-state index in [0.29, 0.717) is 5.56 Å². The average Bonchev–Trinajstić information content (AvgIpc) is 2.77. The van der Waals surface area contributed by atoms with E-state index in [4.69, 9.17) is 14.6 Å². The molecule has 0 aliphatic carbocycles. The summed E-state index contributed by atoms with van der Waals surface area (Å²) in [5.74, 6) is 9.12. The third kappa shape index (κ3) is 10.1. The Hall–Kier alpha value is -3.53. The van der Waals surface area contributed by atoms with Crippen LogP contribution in [0.3, 0.4) is 0 Å². The van der Waals surface area contributed by atoms with Crippen molar-refractivity contribution < 1.29 is 34.1 Å². The lowest BCUT2D eigenvalue weighted by Crippen LogP contribution is -2.62. The normalized spacial score (nSPS) is 13.5. The molecule has 0 aliphatic rings. The Balaban J connectivity index is 2.95. The number of esters is 1. The predicted molar refractivity (Wildman–Crippen MR) is 130 cm³/mol. The number of hydrogen-bond acceptors (Lipinski definition) is 7. The highest BCUT2D eigenvalue weighted by atomic mass is 16.6. The van der Waals surface area contributed by atoms with Gasteiger partial charge in [-0.15, -0.1) is 0 Å². The monoisotopic (exact) mass is 486 g/mol. The van der Waals surface area contributed by atoms with Crippen molar-refractivity contribution in [1.29, 1.82) is 0 Å². The van der Waals surface area contributed by atoms with Crippen molar-refractivity contribution in [3.05, 3.63) is 35.4 Å². The molecule has 4 N–H and O–H groups in total. The fourth-order valence-corrected chi connectivity index (χ4v) is 2.72. The number of amides is 2. The minimum absolute atomic E-state index is 0.267. The highest BCUT2D eigenvalue weighted by Crippen LogP contribution is 2.15. The molecule has 0 saturated carbocycles. The first-order valence-corrected chi connectivity index (χ1v) is 11.0. The second-order valence-electron chi connectivity index (χ2n) is 9.41. The van der Waals surface area contributed by atoms with Crippen LogP contribution in [0.4, 0.5) is 4.79 Å². The van der Waals surface area contributed by atoms with E-state index < -0.39 is 47.2 Å². The van der Waals surface area contributed by atoms with Crippen LogP contribution in [-0.4, -0.2) is 65.2 Å². The molecule has 1 aromatic rings. The highest BCUT2D eigenvalue weighted by molar-refractivity contribution is 5.97. The molecule has 190 valence electrons. The molecule has 0 spiro atoms. The van der Waals surface area contributed by atoms with Crippen molar-refractivity contribution >= 4 is 18.0 Å². The van der Waals surface area contributed by atoms with Gasteiger partial charge in [-0.05, 0) is 77.6 Å². The van der Waals surface area contributed by atoms with E-state index in [0.717, 1.165) is 0 Å². The highest BCUT2D eigenvalue weighted by Gasteiger charge is 2.39. The van der Waals surface area contributed by atoms with Gasteiger partial charge in [0.05, 0.1) is 25.4 Å². The molecule has 0 fully saturated rings. The van der Waals surface area contributed by atoms with Gasteiger partial charge in [0.15, 0.2) is 0 Å². The van der Waals surface area contributed by atoms with E-state index in [1.165, 1.54) is 19.2 Å². The molecule has 0 radical (unpaired) electrons. The molecule has 1 rings (SSSR count). The molecule has 9 heteroatoms. The van der Waals surface area contributed by atoms with Crippen LogP contribution in [0.2, 0.25) is 0 Å². The summed E-state index contributed by atoms with van der Waals surface area (Å²) in [4.78, 5) is 37.5. The zero-order chi connectivity index (χ0) is 26.8. The zero-order valence-corrected chi connectivity index (χ0v) is 21.2. The van der Waals surface area contributed by atoms with E-state index in [9.17, 15) is 19.5 Å². The van der Waals surface area contributed by atoms with Crippen molar-refractivity contribution in [3.63, 3.8) is 0 Å². The van der Waals surface area contributed by atoms with Crippen LogP contribution >= 0.6 is 0 Å². The maximum Gasteiger partial charge on any atom is 0.408 e. The van der Waals surface area contributed by atoms with E-state index in [-0.39, 0.29) is 12.2 Å². The summed E-state index contributed by atoms with van der Waals surface area (Å²) < 4.78 is 10.1. The van der Waals surface area contributed by atoms with E-state index in [2.05, 4.69) is 34.3 Å². The quantitative estimate of drug-likeness (QED) is 0.340. The maximum absolute atomic E-state index is 12.8. The van der Waals surface area contributed by atoms with Gasteiger partial charge in [0.2, 0.25) is 0 Å². The smallest absolute Gasteiger partial charge is 0.408 e. The Morgan fingerprint density at radius 2 is 1.66 bits per heavy atom. The Bertz CT molecular complexity index is 1020. The first-order valence-electron chi connectivity index (χ1n) is 11.0. The van der Waals surface area contributed by atoms with Crippen LogP contribution in [0.25, 0.3) is 0 Å². The molecule has 3 atom stereocenters. The third-order valence-electron chi connectivity index (χ3n) is 4.74. The van der Waals surface area contributed by atoms with Gasteiger partial charge < -0.3 is 30.3 Å². The first-order chi connectivity index (χ1) is 16.2. The van der Waals surface area contributed by atoms with E-state index in [1.54, 1.807) is 53.7 Å². The van der Waals surface area contributed by atoms with Crippen molar-refractivity contribution in [2.45, 2.75) is 64.8 Å². The van der Waals surface area contributed by atoms with Gasteiger partial charge in [0.1, 0.15) is 11.6 Å². The van der Waals surface area contributed by atoms with Crippen LogP contribution in [0, 0.1) is 29.6 Å². The molecule has 0 saturated heterocycles. The van der Waals surface area contributed by atoms with Gasteiger partial charge in [0.25, 0.3) is 5.91 Å². The second kappa shape index (κ2) is 12.8. The Morgan fingerprint density at radius 1 is 1.06 bits per heavy atom. The molecule has 2 unspecified atom stereocenters. The topological polar surface area (TPSA) is 134 Å². The van der Waals surface area contributed by atoms with Crippen LogP contribution in [0.15, 0.2) is 24.3 Å². The molecule has 2 amide bonds. The number of rotatable bonds is 7. The Labute approximate surface area is 206 Å². The third-order valence-corrected chi connectivity index (χ3v) is 4.74. The number of methoxy groups -OCH3 is 1. The van der Waals surface area contributed by atoms with Crippen molar-refractivity contribution in [2.24, 2.45) is 5.92 Å². The summed E-state index contributed by atoms with van der Waals surface area (Å²) in [6.45, 7) is 9.57. The Morgan fingerprint density at radius 3 is 2.17 bits per heavy atom. The Kier molecular flexibility index (Phi) is 10.8. The lowest BCUT2D eigenvalue weighted by Gasteiger charge is -2.34. The minimum atomic E-state index is -1.23. The zero-order valence-electron chi connectivity index (χ0n) is 21.2. The van der Waals surface area contributed by atoms with Crippen molar-refractivity contribution in [3.8, 4) is 23.7 Å². The van der Waals surface area contributed by atoms with Gasteiger partial charge in [0, 0.05) is 17.0 Å².